The van der Waals surface area contributed by atoms with Crippen LogP contribution in [0.1, 0.15) is 0 Å². The number of aliphatic hydroxyl groups excluding tert-OH is 4. The molecule has 0 spiro atoms. The summed E-state index contributed by atoms with van der Waals surface area (Å²) in [6, 6.07) is 0. The van der Waals surface area contributed by atoms with Crippen molar-refractivity contribution < 1.29 is 44.1 Å². The maximum absolute atomic E-state index is 9.77. The molecule has 152 valence electrons. The average molecular weight is 381 g/mol. The Bertz CT molecular complexity index is 409. The largest absolute Gasteiger partial charge is 0.394 e. The molecular formula is C14H27N3O9. The second-order valence-electron chi connectivity index (χ2n) is 5.36. The van der Waals surface area contributed by atoms with Crippen LogP contribution in [-0.2, 0) is 23.7 Å². The second-order valence-corrected chi connectivity index (χ2v) is 5.36. The van der Waals surface area contributed by atoms with E-state index in [1.165, 1.54) is 0 Å². The molecule has 12 nitrogen and oxygen atoms in total. The summed E-state index contributed by atoms with van der Waals surface area (Å²) >= 11 is 0. The first-order valence-corrected chi connectivity index (χ1v) is 8.28. The van der Waals surface area contributed by atoms with Crippen LogP contribution in [-0.4, -0.2) is 111 Å². The van der Waals surface area contributed by atoms with Crippen LogP contribution in [0.15, 0.2) is 5.11 Å². The van der Waals surface area contributed by atoms with Gasteiger partial charge in [0.1, 0.15) is 24.4 Å². The number of hydrogen-bond acceptors (Lipinski definition) is 10. The van der Waals surface area contributed by atoms with Gasteiger partial charge < -0.3 is 44.1 Å². The quantitative estimate of drug-likeness (QED) is 0.117. The Morgan fingerprint density at radius 3 is 2.00 bits per heavy atom. The first-order chi connectivity index (χ1) is 12.6. The lowest BCUT2D eigenvalue weighted by molar-refractivity contribution is -0.302. The summed E-state index contributed by atoms with van der Waals surface area (Å²) in [5.41, 5.74) is 8.06. The van der Waals surface area contributed by atoms with Crippen LogP contribution in [0.2, 0.25) is 0 Å². The third-order valence-corrected chi connectivity index (χ3v) is 3.50. The van der Waals surface area contributed by atoms with Crippen molar-refractivity contribution in [3.63, 3.8) is 0 Å². The standard InChI is InChI=1S/C14H27N3O9/c15-17-16-1-2-22-3-4-23-5-6-24-7-8-25-14-13(21)12(20)11(19)10(9-18)26-14/h10-14,18-21H,1-9H2. The molecule has 1 rings (SSSR count). The van der Waals surface area contributed by atoms with Gasteiger partial charge in [-0.25, -0.2) is 0 Å². The molecule has 1 aliphatic rings. The smallest absolute Gasteiger partial charge is 0.186 e. The maximum Gasteiger partial charge on any atom is 0.186 e. The summed E-state index contributed by atoms with van der Waals surface area (Å²) in [6.07, 6.45) is -6.45. The summed E-state index contributed by atoms with van der Waals surface area (Å²) in [5, 5.41) is 41.4. The molecule has 0 aromatic carbocycles. The van der Waals surface area contributed by atoms with Crippen LogP contribution in [0, 0.1) is 0 Å². The van der Waals surface area contributed by atoms with Crippen molar-refractivity contribution in [1.29, 1.82) is 0 Å². The van der Waals surface area contributed by atoms with Crippen LogP contribution in [0.25, 0.3) is 10.4 Å². The van der Waals surface area contributed by atoms with E-state index in [-0.39, 0.29) is 19.8 Å². The van der Waals surface area contributed by atoms with Gasteiger partial charge in [-0.15, -0.1) is 0 Å². The monoisotopic (exact) mass is 381 g/mol. The van der Waals surface area contributed by atoms with Crippen LogP contribution < -0.4 is 0 Å². The van der Waals surface area contributed by atoms with E-state index in [0.29, 0.717) is 33.0 Å². The molecule has 4 N–H and O–H groups in total. The predicted octanol–water partition coefficient (Wildman–Crippen LogP) is -1.84. The van der Waals surface area contributed by atoms with Gasteiger partial charge in [0.2, 0.25) is 0 Å². The van der Waals surface area contributed by atoms with Gasteiger partial charge in [-0.05, 0) is 5.53 Å². The number of ether oxygens (including phenoxy) is 5. The Hall–Kier alpha value is -1.05. The zero-order chi connectivity index (χ0) is 19.2. The molecule has 12 heteroatoms. The Morgan fingerprint density at radius 1 is 0.846 bits per heavy atom. The molecule has 0 amide bonds. The normalized spacial score (nSPS) is 28.7. The lowest BCUT2D eigenvalue weighted by Crippen LogP contribution is -2.59. The average Bonchev–Trinajstić information content (AvgIpc) is 2.65. The number of aliphatic hydroxyl groups is 4. The lowest BCUT2D eigenvalue weighted by atomic mass is 9.99. The van der Waals surface area contributed by atoms with E-state index in [2.05, 4.69) is 10.0 Å². The van der Waals surface area contributed by atoms with Gasteiger partial charge in [0.15, 0.2) is 6.29 Å². The Labute approximate surface area is 150 Å². The van der Waals surface area contributed by atoms with E-state index in [1.807, 2.05) is 0 Å². The van der Waals surface area contributed by atoms with Gasteiger partial charge in [0, 0.05) is 11.5 Å². The molecule has 1 fully saturated rings. The molecule has 0 saturated carbocycles. The first-order valence-electron chi connectivity index (χ1n) is 8.28. The molecule has 1 heterocycles. The topological polar surface area (TPSA) is 176 Å². The van der Waals surface area contributed by atoms with Crippen molar-refractivity contribution in [1.82, 2.24) is 0 Å². The fourth-order valence-electron chi connectivity index (χ4n) is 2.12. The first kappa shape index (κ1) is 23.0. The highest BCUT2D eigenvalue weighted by molar-refractivity contribution is 4.88. The Kier molecular flexibility index (Phi) is 12.4. The summed E-state index contributed by atoms with van der Waals surface area (Å²) in [4.78, 5) is 2.60. The molecule has 0 aliphatic carbocycles. The lowest BCUT2D eigenvalue weighted by Gasteiger charge is -2.39. The van der Waals surface area contributed by atoms with E-state index < -0.39 is 37.3 Å². The molecule has 0 aromatic heterocycles. The van der Waals surface area contributed by atoms with Gasteiger partial charge >= 0.3 is 0 Å². The van der Waals surface area contributed by atoms with Crippen LogP contribution in [0.4, 0.5) is 0 Å². The van der Waals surface area contributed by atoms with Gasteiger partial charge in [0.25, 0.3) is 0 Å². The van der Waals surface area contributed by atoms with Crippen molar-refractivity contribution in [3.8, 4) is 0 Å². The van der Waals surface area contributed by atoms with E-state index in [1.54, 1.807) is 0 Å². The highest BCUT2D eigenvalue weighted by Gasteiger charge is 2.43. The highest BCUT2D eigenvalue weighted by Crippen LogP contribution is 2.21. The van der Waals surface area contributed by atoms with Gasteiger partial charge in [-0.1, -0.05) is 5.11 Å². The molecule has 1 aliphatic heterocycles. The third-order valence-electron chi connectivity index (χ3n) is 3.50. The fraction of sp³-hybridized carbons (Fsp3) is 1.00. The van der Waals surface area contributed by atoms with Crippen molar-refractivity contribution >= 4 is 0 Å². The molecule has 5 atom stereocenters. The second kappa shape index (κ2) is 14.1. The molecule has 26 heavy (non-hydrogen) atoms. The van der Waals surface area contributed by atoms with E-state index in [9.17, 15) is 15.3 Å². The van der Waals surface area contributed by atoms with Crippen molar-refractivity contribution in [3.05, 3.63) is 10.4 Å². The number of azide groups is 1. The minimum absolute atomic E-state index is 0.0885. The van der Waals surface area contributed by atoms with Crippen molar-refractivity contribution in [2.24, 2.45) is 5.11 Å². The summed E-state index contributed by atoms with van der Waals surface area (Å²) in [5.74, 6) is 0. The van der Waals surface area contributed by atoms with Gasteiger partial charge in [-0.3, -0.25) is 0 Å². The fourth-order valence-corrected chi connectivity index (χ4v) is 2.12. The molecule has 0 radical (unpaired) electrons. The van der Waals surface area contributed by atoms with Crippen LogP contribution >= 0.6 is 0 Å². The number of hydrogen-bond donors (Lipinski definition) is 4. The Balaban J connectivity index is 1.97. The minimum Gasteiger partial charge on any atom is -0.394 e. The van der Waals surface area contributed by atoms with Gasteiger partial charge in [-0.2, -0.15) is 0 Å². The van der Waals surface area contributed by atoms with E-state index in [4.69, 9.17) is 34.3 Å². The van der Waals surface area contributed by atoms with E-state index >= 15 is 0 Å². The molecule has 0 bridgehead atoms. The maximum atomic E-state index is 9.77. The van der Waals surface area contributed by atoms with Crippen molar-refractivity contribution in [2.45, 2.75) is 30.7 Å². The molecule has 1 saturated heterocycles. The van der Waals surface area contributed by atoms with Gasteiger partial charge in [0.05, 0.1) is 52.9 Å². The zero-order valence-electron chi connectivity index (χ0n) is 14.4. The zero-order valence-corrected chi connectivity index (χ0v) is 14.4. The minimum atomic E-state index is -1.46. The number of nitrogens with zero attached hydrogens (tertiary/aromatic N) is 3. The third kappa shape index (κ3) is 8.56. The van der Waals surface area contributed by atoms with Crippen LogP contribution in [0.3, 0.4) is 0 Å². The van der Waals surface area contributed by atoms with E-state index in [0.717, 1.165) is 0 Å². The highest BCUT2D eigenvalue weighted by atomic mass is 16.7. The number of rotatable bonds is 14. The summed E-state index contributed by atoms with van der Waals surface area (Å²) in [6.45, 7) is 1.89. The van der Waals surface area contributed by atoms with Crippen LogP contribution in [0.5, 0.6) is 0 Å². The Morgan fingerprint density at radius 2 is 1.42 bits per heavy atom. The summed E-state index contributed by atoms with van der Waals surface area (Å²) < 4.78 is 26.1. The SMILES string of the molecule is [N-]=[N+]=NCCOCCOCCOCCOC1OC(CO)C(O)C(O)C1O. The van der Waals surface area contributed by atoms with Crippen molar-refractivity contribution in [2.75, 3.05) is 59.4 Å². The molecular weight excluding hydrogens is 354 g/mol. The molecule has 5 unspecified atom stereocenters. The summed E-state index contributed by atoms with van der Waals surface area (Å²) in [7, 11) is 0. The molecule has 0 aromatic rings. The predicted molar refractivity (Wildman–Crippen MR) is 86.2 cm³/mol.